The molecule has 71 fully saturated rings. The molecule has 0 heterocycles. The first-order chi connectivity index (χ1) is 55.6. The zero-order valence-corrected chi connectivity index (χ0v) is 63.0. The van der Waals surface area contributed by atoms with E-state index in [9.17, 15) is 0 Å². The van der Waals surface area contributed by atoms with Gasteiger partial charge in [0.2, 0.25) is 0 Å². The topological polar surface area (TPSA) is 0 Å². The molecule has 71 aliphatic carbocycles. The fourth-order valence-corrected chi connectivity index (χ4v) is 108. The lowest BCUT2D eigenvalue weighted by molar-refractivity contribution is -0.963. The Labute approximate surface area is 644 Å². The van der Waals surface area contributed by atoms with Crippen molar-refractivity contribution in [1.82, 2.24) is 0 Å². The van der Waals surface area contributed by atoms with Crippen molar-refractivity contribution in [3.63, 3.8) is 0 Å². The first-order valence-electron chi connectivity index (χ1n) is 55.6. The summed E-state index contributed by atoms with van der Waals surface area (Å²) >= 11 is 0. The van der Waals surface area contributed by atoms with Crippen LogP contribution in [0.15, 0.2) is 0 Å². The Kier molecular flexibility index (Phi) is 2.73. The van der Waals surface area contributed by atoms with Gasteiger partial charge in [-0.2, -0.15) is 0 Å². The van der Waals surface area contributed by atoms with Gasteiger partial charge in [-0.05, 0) is 642 Å². The Bertz CT molecular complexity index is 7480. The monoisotopic (exact) mass is 1430 g/mol. The molecule has 71 saturated carbocycles. The largest absolute Gasteiger partial charge is 0.0616 e. The van der Waals surface area contributed by atoms with Crippen LogP contribution in [0, 0.1) is 610 Å². The van der Waals surface area contributed by atoms with Gasteiger partial charge in [0.15, 0.2) is 0 Å². The zero-order chi connectivity index (χ0) is 63.0. The Balaban J connectivity index is 0.324. The maximum absolute atomic E-state index is 3.22. The van der Waals surface area contributed by atoms with E-state index < -0.39 is 0 Å². The van der Waals surface area contributed by atoms with Crippen molar-refractivity contribution >= 4 is 0 Å². The van der Waals surface area contributed by atoms with Crippen molar-refractivity contribution in [2.45, 2.75) is 39.0 Å². The van der Waals surface area contributed by atoms with Crippen molar-refractivity contribution < 1.29 is 0 Å². The quantitative estimate of drug-likeness (QED) is 0.227. The lowest BCUT2D eigenvalue weighted by Gasteiger charge is -3.41. The Morgan fingerprint density at radius 2 is 0.268 bits per heavy atom. The molecule has 0 aliphatic heterocycles. The summed E-state index contributed by atoms with van der Waals surface area (Å²) in [5, 5.41) is 0. The number of hydrogen-bond acceptors (Lipinski definition) is 0. The summed E-state index contributed by atoms with van der Waals surface area (Å²) in [5.74, 6) is 98.0. The third-order valence-electron chi connectivity index (χ3n) is 90.3. The second kappa shape index (κ2) is 7.33. The number of rotatable bonds is 0. The summed E-state index contributed by atoms with van der Waals surface area (Å²) in [6.45, 7) is 3.22. The van der Waals surface area contributed by atoms with Crippen molar-refractivity contribution in [2.24, 2.45) is 610 Å². The van der Waals surface area contributed by atoms with Gasteiger partial charge in [-0.3, -0.25) is 0 Å². The highest BCUT2D eigenvalue weighted by atomic mass is 15.5. The van der Waals surface area contributed by atoms with Gasteiger partial charge in [0.05, 0.1) is 0 Å². The predicted molar refractivity (Wildman–Crippen MR) is 362 cm³/mol. The van der Waals surface area contributed by atoms with E-state index in [4.69, 9.17) is 0 Å². The van der Waals surface area contributed by atoms with E-state index in [0.29, 0.717) is 0 Å². The highest BCUT2D eigenvalue weighted by Crippen LogP contribution is 3.49. The van der Waals surface area contributed by atoms with Crippen LogP contribution in [0.3, 0.4) is 0 Å². The van der Waals surface area contributed by atoms with Crippen molar-refractivity contribution in [3.8, 4) is 0 Å². The molecule has 0 aromatic heterocycles. The third kappa shape index (κ3) is 1.26. The summed E-state index contributed by atoms with van der Waals surface area (Å²) < 4.78 is 0. The fraction of sp³-hybridized carbons (Fsp3) is 1.00. The molecule has 0 amide bonds. The number of fused-ring (bicyclic) bond motifs is 65. The lowest BCUT2D eigenvalue weighted by atomic mass is 8.62. The molecule has 532 valence electrons. The SMILES string of the molecule is CC1C2C3C4C5C6C7C8C9C%10C%11C%12C%13C%14C%15C%16C%17C%18C%19C%20CC%21CC%22C%23C%24C%25C%26C%27C%28C%29C%30C%31C%32C%33C%34C%35C%36C%37C%38C%39C%40C%41C%42C%43C%44C%45C%46C%47C%48C%49C%50C%51C%52C%53C%54C%55C%56CC%57CC%58C%59C%60C%61C%62C%63C%64C%65C%66C%67C%68C%69C%70C%71CC%42(C%71%43C%70%44C%69%45C%68%46C%67%47C%66%48C%65%49C%64%50C%63%51C%62%52C%61%53C%60%54C%59%55C%57%58%56)C1%41C2%40C3%39C4%38C5%37C6%36C7%35C8%34C9%33C%10%32C%11%31C%12%30C%13%29C%14%28C%15%27C%16%26C%17%25C%18%24C%19%23C%21%20%22. The lowest BCUT2D eigenvalue weighted by Crippen LogP contribution is -3.40. The summed E-state index contributed by atoms with van der Waals surface area (Å²) in [7, 11) is 0. The van der Waals surface area contributed by atoms with E-state index in [-0.39, 0.29) is 0 Å². The van der Waals surface area contributed by atoms with E-state index in [1.54, 1.807) is 25.7 Å². The van der Waals surface area contributed by atoms with E-state index >= 15 is 0 Å². The molecule has 0 aromatic rings. The molecule has 71 aliphatic rings. The summed E-state index contributed by atoms with van der Waals surface area (Å²) in [6, 6.07) is 0. The smallest absolute Gasteiger partial charge is 0.00932 e. The van der Waals surface area contributed by atoms with Crippen LogP contribution < -0.4 is 0 Å². The molecule has 0 radical (unpaired) electrons. The Hall–Kier alpha value is 0. The van der Waals surface area contributed by atoms with Gasteiger partial charge in [-0.25, -0.2) is 0 Å². The van der Waals surface area contributed by atoms with Gasteiger partial charge in [0.1, 0.15) is 0 Å². The average Bonchev–Trinajstić information content (AvgIpc) is 0.478. The van der Waals surface area contributed by atoms with Crippen LogP contribution in [0.5, 0.6) is 0 Å². The normalized spacial score (nSPS) is 130. The summed E-state index contributed by atoms with van der Waals surface area (Å²) in [6.07, 6.45) is 9.06. The van der Waals surface area contributed by atoms with Gasteiger partial charge in [0.25, 0.3) is 0 Å². The molecule has 106 unspecified atom stereocenters. The zero-order valence-electron chi connectivity index (χ0n) is 63.0. The highest BCUT2D eigenvalue weighted by Gasteiger charge is 3.47. The van der Waals surface area contributed by atoms with E-state index in [0.717, 1.165) is 190 Å². The molecule has 0 bridgehead atoms. The second-order valence-electron chi connectivity index (χ2n) is 70.1. The molecule has 0 saturated heterocycles. The van der Waals surface area contributed by atoms with Gasteiger partial charge in [0, 0.05) is 0 Å². The third-order valence-corrected chi connectivity index (χ3v) is 90.3. The van der Waals surface area contributed by atoms with Gasteiger partial charge < -0.3 is 0 Å². The Morgan fingerprint density at radius 1 is 0.125 bits per heavy atom. The average molecular weight is 1430 g/mol. The molecule has 0 N–H and O–H groups in total. The molecule has 112 heavy (non-hydrogen) atoms. The van der Waals surface area contributed by atoms with Crippen LogP contribution in [-0.4, -0.2) is 0 Å². The van der Waals surface area contributed by atoms with Gasteiger partial charge >= 0.3 is 0 Å². The minimum absolute atomic E-state index is 0.989. The minimum atomic E-state index is 0.989. The molecule has 0 aromatic carbocycles. The standard InChI is InChI=1S/C112H84/c1-7-15-22-30-38-46-54-62-68-72-73-69-64-57-49-41-33-25-18-12-4-9-5-13-19-26-34-42-50-58-65-70-74-76-77-75-71-66-60-52-44-36-28-21-29-37-45-53-61-67-63-56-48-40-32-24-17-11-3-8-2-10-16-23-31-39-47-55-59-51-43-35-27-20-14-6-78(21,82(14,29)86(20,37)90(27,45)94(35,53)98(43,61)102(51,67)106(59,63)103(55,56)99(47,48)95(39,40)91(31,32)87(23,24)83(16,17)79(8,10)11)81(7,28)85(15,36)89(22,44)93(30,52)97(38,60)101(46,66)105(54,71)108(62,75)110(68,77)112(72,76)111(73,74)109(69,70)107(64,65)104(57,58)100(49,50)96(41,42)92(33,34)88(25,26)84(18,19)80(9,12)13/h7-77H,2-6H2,1H3. The van der Waals surface area contributed by atoms with Crippen LogP contribution in [0.25, 0.3) is 0 Å². The molecule has 106 atom stereocenters. The first kappa shape index (κ1) is 41.7. The highest BCUT2D eigenvalue weighted by molar-refractivity contribution is 5.93. The summed E-state index contributed by atoms with van der Waals surface area (Å²) in [4.78, 5) is 0. The predicted octanol–water partition coefficient (Wildman–Crippen LogP) is 11.2. The van der Waals surface area contributed by atoms with Crippen molar-refractivity contribution in [1.29, 1.82) is 0 Å². The van der Waals surface area contributed by atoms with Crippen LogP contribution in [0.2, 0.25) is 0 Å². The van der Waals surface area contributed by atoms with Gasteiger partial charge in [-0.15, -0.1) is 0 Å². The van der Waals surface area contributed by atoms with Crippen LogP contribution >= 0.6 is 0 Å². The van der Waals surface area contributed by atoms with Crippen LogP contribution in [0.4, 0.5) is 0 Å². The molecular formula is C112H84. The maximum Gasteiger partial charge on any atom is -0.00932 e. The van der Waals surface area contributed by atoms with E-state index in [1.807, 2.05) is 6.42 Å². The molecule has 0 nitrogen and oxygen atoms in total. The van der Waals surface area contributed by atoms with E-state index in [1.165, 1.54) is 420 Å². The maximum atomic E-state index is 3.22. The van der Waals surface area contributed by atoms with E-state index in [2.05, 4.69) is 6.92 Å². The summed E-state index contributed by atoms with van der Waals surface area (Å²) in [5.41, 5.74) is 37.6. The molecular weight excluding hydrogens is 1350 g/mol. The van der Waals surface area contributed by atoms with Crippen LogP contribution in [-0.2, 0) is 0 Å². The second-order valence-corrected chi connectivity index (χ2v) is 70.1. The van der Waals surface area contributed by atoms with Gasteiger partial charge in [-0.1, -0.05) is 6.92 Å². The minimum Gasteiger partial charge on any atom is -0.0616 e. The molecule has 35 spiro atoms. The molecule has 71 rings (SSSR count). The fourth-order valence-electron chi connectivity index (χ4n) is 108. The Morgan fingerprint density at radius 3 is 0.473 bits per heavy atom. The molecule has 0 heteroatoms. The van der Waals surface area contributed by atoms with Crippen molar-refractivity contribution in [3.05, 3.63) is 0 Å². The van der Waals surface area contributed by atoms with Crippen LogP contribution in [0.1, 0.15) is 39.0 Å². The first-order valence-corrected chi connectivity index (χ1v) is 55.6. The van der Waals surface area contributed by atoms with Crippen molar-refractivity contribution in [2.75, 3.05) is 0 Å². The number of hydrogen-bond donors (Lipinski definition) is 0.